The number of rotatable bonds is 2. The molecular formula is C11H22O. The van der Waals surface area contributed by atoms with Crippen molar-refractivity contribution in [1.82, 2.24) is 0 Å². The second-order valence-corrected chi connectivity index (χ2v) is 4.75. The van der Waals surface area contributed by atoms with Crippen LogP contribution < -0.4 is 0 Å². The molecule has 0 radical (unpaired) electrons. The SMILES string of the molecule is COC1(C)CCCC(C(C)C)C1. The predicted molar refractivity (Wildman–Crippen MR) is 52.2 cm³/mol. The van der Waals surface area contributed by atoms with Gasteiger partial charge < -0.3 is 4.74 Å². The summed E-state index contributed by atoms with van der Waals surface area (Å²) in [6, 6.07) is 0. The molecule has 0 spiro atoms. The molecule has 2 atom stereocenters. The van der Waals surface area contributed by atoms with Gasteiger partial charge in [-0.15, -0.1) is 0 Å². The van der Waals surface area contributed by atoms with E-state index < -0.39 is 0 Å². The number of hydrogen-bond donors (Lipinski definition) is 0. The molecule has 1 nitrogen and oxygen atoms in total. The Morgan fingerprint density at radius 3 is 2.58 bits per heavy atom. The van der Waals surface area contributed by atoms with Crippen LogP contribution in [-0.2, 0) is 4.74 Å². The smallest absolute Gasteiger partial charge is 0.0653 e. The molecule has 0 saturated heterocycles. The maximum absolute atomic E-state index is 5.56. The molecule has 1 aliphatic rings. The highest BCUT2D eigenvalue weighted by Crippen LogP contribution is 2.37. The summed E-state index contributed by atoms with van der Waals surface area (Å²) in [6.45, 7) is 6.90. The van der Waals surface area contributed by atoms with E-state index in [1.807, 2.05) is 7.11 Å². The van der Waals surface area contributed by atoms with Crippen LogP contribution in [0.5, 0.6) is 0 Å². The van der Waals surface area contributed by atoms with Gasteiger partial charge >= 0.3 is 0 Å². The van der Waals surface area contributed by atoms with Crippen molar-refractivity contribution < 1.29 is 4.74 Å². The Balaban J connectivity index is 2.51. The van der Waals surface area contributed by atoms with E-state index in [0.29, 0.717) is 0 Å². The van der Waals surface area contributed by atoms with Gasteiger partial charge in [-0.3, -0.25) is 0 Å². The molecule has 0 heterocycles. The van der Waals surface area contributed by atoms with Gasteiger partial charge in [0.15, 0.2) is 0 Å². The van der Waals surface area contributed by atoms with Gasteiger partial charge in [0.05, 0.1) is 5.60 Å². The summed E-state index contributed by atoms with van der Waals surface area (Å²) >= 11 is 0. The van der Waals surface area contributed by atoms with Crippen molar-refractivity contribution in [3.63, 3.8) is 0 Å². The van der Waals surface area contributed by atoms with Crippen molar-refractivity contribution in [2.75, 3.05) is 7.11 Å². The molecule has 1 fully saturated rings. The van der Waals surface area contributed by atoms with Crippen LogP contribution >= 0.6 is 0 Å². The molecule has 1 saturated carbocycles. The Labute approximate surface area is 76.5 Å². The van der Waals surface area contributed by atoms with Crippen LogP contribution in [0.4, 0.5) is 0 Å². The molecule has 0 aliphatic heterocycles. The van der Waals surface area contributed by atoms with Crippen molar-refractivity contribution >= 4 is 0 Å². The standard InChI is InChI=1S/C11H22O/c1-9(2)10-6-5-7-11(3,8-10)12-4/h9-10H,5-8H2,1-4H3. The Bertz CT molecular complexity index is 142. The molecule has 1 aliphatic carbocycles. The van der Waals surface area contributed by atoms with E-state index in [-0.39, 0.29) is 5.60 Å². The second-order valence-electron chi connectivity index (χ2n) is 4.75. The molecule has 1 heteroatoms. The van der Waals surface area contributed by atoms with Gasteiger partial charge in [0.25, 0.3) is 0 Å². The second kappa shape index (κ2) is 3.78. The van der Waals surface area contributed by atoms with Crippen LogP contribution in [0, 0.1) is 11.8 Å². The summed E-state index contributed by atoms with van der Waals surface area (Å²) in [5.74, 6) is 1.70. The predicted octanol–water partition coefficient (Wildman–Crippen LogP) is 3.24. The molecule has 0 amide bonds. The fourth-order valence-electron chi connectivity index (χ4n) is 2.25. The minimum atomic E-state index is 0.174. The van der Waals surface area contributed by atoms with Gasteiger partial charge in [-0.2, -0.15) is 0 Å². The van der Waals surface area contributed by atoms with Crippen LogP contribution in [0.2, 0.25) is 0 Å². The minimum absolute atomic E-state index is 0.174. The van der Waals surface area contributed by atoms with Crippen LogP contribution in [0.3, 0.4) is 0 Å². The third kappa shape index (κ3) is 2.22. The molecule has 0 N–H and O–H groups in total. The first-order chi connectivity index (χ1) is 5.57. The fraction of sp³-hybridized carbons (Fsp3) is 1.00. The third-order valence-corrected chi connectivity index (χ3v) is 3.41. The van der Waals surface area contributed by atoms with E-state index in [4.69, 9.17) is 4.74 Å². The van der Waals surface area contributed by atoms with E-state index >= 15 is 0 Å². The fourth-order valence-corrected chi connectivity index (χ4v) is 2.25. The molecule has 2 unspecified atom stereocenters. The lowest BCUT2D eigenvalue weighted by Gasteiger charge is -2.38. The first kappa shape index (κ1) is 10.0. The zero-order valence-corrected chi connectivity index (χ0v) is 8.89. The van der Waals surface area contributed by atoms with Crippen LogP contribution in [0.25, 0.3) is 0 Å². The van der Waals surface area contributed by atoms with Crippen molar-refractivity contribution in [3.8, 4) is 0 Å². The largest absolute Gasteiger partial charge is 0.379 e. The number of ether oxygens (including phenoxy) is 1. The van der Waals surface area contributed by atoms with Gasteiger partial charge in [-0.25, -0.2) is 0 Å². The van der Waals surface area contributed by atoms with Crippen molar-refractivity contribution in [3.05, 3.63) is 0 Å². The lowest BCUT2D eigenvalue weighted by atomic mass is 9.74. The van der Waals surface area contributed by atoms with Crippen LogP contribution in [-0.4, -0.2) is 12.7 Å². The minimum Gasteiger partial charge on any atom is -0.379 e. The monoisotopic (exact) mass is 170 g/mol. The summed E-state index contributed by atoms with van der Waals surface area (Å²) in [5, 5.41) is 0. The lowest BCUT2D eigenvalue weighted by Crippen LogP contribution is -2.35. The Morgan fingerprint density at radius 2 is 2.08 bits per heavy atom. The van der Waals surface area contributed by atoms with E-state index in [9.17, 15) is 0 Å². The molecular weight excluding hydrogens is 148 g/mol. The van der Waals surface area contributed by atoms with Gasteiger partial charge in [0.2, 0.25) is 0 Å². The average molecular weight is 170 g/mol. The summed E-state index contributed by atoms with van der Waals surface area (Å²) < 4.78 is 5.56. The molecule has 12 heavy (non-hydrogen) atoms. The molecule has 1 rings (SSSR count). The van der Waals surface area contributed by atoms with Crippen LogP contribution in [0.15, 0.2) is 0 Å². The van der Waals surface area contributed by atoms with E-state index in [2.05, 4.69) is 20.8 Å². The maximum Gasteiger partial charge on any atom is 0.0653 e. The van der Waals surface area contributed by atoms with Gasteiger partial charge in [-0.05, 0) is 38.0 Å². The van der Waals surface area contributed by atoms with Crippen molar-refractivity contribution in [1.29, 1.82) is 0 Å². The quantitative estimate of drug-likeness (QED) is 0.618. The van der Waals surface area contributed by atoms with E-state index in [1.54, 1.807) is 0 Å². The highest BCUT2D eigenvalue weighted by Gasteiger charge is 2.32. The highest BCUT2D eigenvalue weighted by molar-refractivity contribution is 4.84. The molecule has 0 aromatic rings. The zero-order chi connectivity index (χ0) is 9.19. The van der Waals surface area contributed by atoms with Crippen LogP contribution in [0.1, 0.15) is 46.5 Å². The van der Waals surface area contributed by atoms with Crippen molar-refractivity contribution in [2.24, 2.45) is 11.8 Å². The van der Waals surface area contributed by atoms with Gasteiger partial charge in [0.1, 0.15) is 0 Å². The Hall–Kier alpha value is -0.0400. The summed E-state index contributed by atoms with van der Waals surface area (Å²) in [6.07, 6.45) is 5.23. The topological polar surface area (TPSA) is 9.23 Å². The molecule has 0 bridgehead atoms. The number of methoxy groups -OCH3 is 1. The zero-order valence-electron chi connectivity index (χ0n) is 8.89. The lowest BCUT2D eigenvalue weighted by molar-refractivity contribution is -0.0461. The summed E-state index contributed by atoms with van der Waals surface area (Å²) in [4.78, 5) is 0. The van der Waals surface area contributed by atoms with Crippen molar-refractivity contribution in [2.45, 2.75) is 52.1 Å². The van der Waals surface area contributed by atoms with E-state index in [1.165, 1.54) is 25.7 Å². The summed E-state index contributed by atoms with van der Waals surface area (Å²) in [5.41, 5.74) is 0.174. The Kier molecular flexibility index (Phi) is 3.16. The maximum atomic E-state index is 5.56. The average Bonchev–Trinajstić information content (AvgIpc) is 2.05. The summed E-state index contributed by atoms with van der Waals surface area (Å²) in [7, 11) is 1.85. The third-order valence-electron chi connectivity index (χ3n) is 3.41. The molecule has 0 aromatic carbocycles. The first-order valence-electron chi connectivity index (χ1n) is 5.12. The normalized spacial score (nSPS) is 37.2. The van der Waals surface area contributed by atoms with Gasteiger partial charge in [0, 0.05) is 7.11 Å². The van der Waals surface area contributed by atoms with Gasteiger partial charge in [-0.1, -0.05) is 20.3 Å². The number of hydrogen-bond acceptors (Lipinski definition) is 1. The highest BCUT2D eigenvalue weighted by atomic mass is 16.5. The first-order valence-corrected chi connectivity index (χ1v) is 5.12. The molecule has 0 aromatic heterocycles. The molecule has 72 valence electrons. The van der Waals surface area contributed by atoms with E-state index in [0.717, 1.165) is 11.8 Å². The Morgan fingerprint density at radius 1 is 1.42 bits per heavy atom.